The monoisotopic (exact) mass is 628 g/mol. The van der Waals surface area contributed by atoms with Crippen molar-refractivity contribution in [3.63, 3.8) is 0 Å². The fraction of sp³-hybridized carbons (Fsp3) is 1.00. The van der Waals surface area contributed by atoms with Crippen LogP contribution in [0.3, 0.4) is 0 Å². The van der Waals surface area contributed by atoms with Crippen LogP contribution in [0.4, 0.5) is 0 Å². The van der Waals surface area contributed by atoms with Crippen LogP contribution in [-0.4, -0.2) is 96.3 Å². The molecule has 0 aromatic carbocycles. The van der Waals surface area contributed by atoms with Gasteiger partial charge in [0.15, 0.2) is 0 Å². The van der Waals surface area contributed by atoms with Crippen LogP contribution in [0.1, 0.15) is 169 Å². The lowest BCUT2D eigenvalue weighted by atomic mass is 9.96. The van der Waals surface area contributed by atoms with E-state index >= 15 is 0 Å². The summed E-state index contributed by atoms with van der Waals surface area (Å²) in [6, 6.07) is 0. The molecule has 4 N–H and O–H groups in total. The van der Waals surface area contributed by atoms with E-state index in [2.05, 4.69) is 42.9 Å². The lowest BCUT2D eigenvalue weighted by molar-refractivity contribution is 0.0382. The summed E-state index contributed by atoms with van der Waals surface area (Å²) in [6.07, 6.45) is 26.6. The summed E-state index contributed by atoms with van der Waals surface area (Å²) >= 11 is 0. The number of hydrogen-bond donors (Lipinski definition) is 4. The van der Waals surface area contributed by atoms with E-state index in [1.807, 2.05) is 6.92 Å². The van der Waals surface area contributed by atoms with Crippen LogP contribution < -0.4 is 5.32 Å². The average molecular weight is 628 g/mol. The Morgan fingerprint density at radius 2 is 1.05 bits per heavy atom. The van der Waals surface area contributed by atoms with Gasteiger partial charge in [-0.3, -0.25) is 4.90 Å². The summed E-state index contributed by atoms with van der Waals surface area (Å²) < 4.78 is 0. The van der Waals surface area contributed by atoms with E-state index in [0.717, 1.165) is 58.3 Å². The molecule has 0 radical (unpaired) electrons. The first-order valence-corrected chi connectivity index (χ1v) is 19.5. The second-order valence-corrected chi connectivity index (χ2v) is 14.1. The molecule has 0 heterocycles. The zero-order valence-electron chi connectivity index (χ0n) is 30.6. The summed E-state index contributed by atoms with van der Waals surface area (Å²) in [7, 11) is 2.16. The van der Waals surface area contributed by atoms with E-state index in [-0.39, 0.29) is 18.3 Å². The molecule has 4 unspecified atom stereocenters. The van der Waals surface area contributed by atoms with E-state index in [1.165, 1.54) is 109 Å². The van der Waals surface area contributed by atoms with Gasteiger partial charge < -0.3 is 25.5 Å². The highest BCUT2D eigenvalue weighted by molar-refractivity contribution is 4.74. The van der Waals surface area contributed by atoms with E-state index in [1.54, 1.807) is 0 Å². The Balaban J connectivity index is 4.49. The zero-order chi connectivity index (χ0) is 32.7. The number of hydrogen-bond acceptors (Lipinski definition) is 6. The Bertz CT molecular complexity index is 567. The topological polar surface area (TPSA) is 79.2 Å². The summed E-state index contributed by atoms with van der Waals surface area (Å²) in [6.45, 7) is 14.5. The Hall–Kier alpha value is -0.240. The quantitative estimate of drug-likeness (QED) is 0.0531. The molecule has 6 nitrogen and oxygen atoms in total. The van der Waals surface area contributed by atoms with Gasteiger partial charge in [-0.1, -0.05) is 143 Å². The molecular weight excluding hydrogens is 546 g/mol. The van der Waals surface area contributed by atoms with Gasteiger partial charge in [0.05, 0.1) is 18.3 Å². The van der Waals surface area contributed by atoms with Crippen LogP contribution in [0, 0.1) is 5.92 Å². The molecule has 4 atom stereocenters. The van der Waals surface area contributed by atoms with Crippen LogP contribution in [-0.2, 0) is 0 Å². The smallest absolute Gasteiger partial charge is 0.0692 e. The molecule has 0 bridgehead atoms. The first kappa shape index (κ1) is 43.8. The molecule has 0 aromatic heterocycles. The first-order chi connectivity index (χ1) is 21.3. The number of nitrogens with zero attached hydrogens (tertiary/aromatic N) is 2. The number of aliphatic hydroxyl groups is 3. The predicted octanol–water partition coefficient (Wildman–Crippen LogP) is 8.17. The molecule has 0 spiro atoms. The molecule has 6 heteroatoms. The van der Waals surface area contributed by atoms with Crippen molar-refractivity contribution in [1.82, 2.24) is 15.1 Å². The summed E-state index contributed by atoms with van der Waals surface area (Å²) in [5.41, 5.74) is 0. The van der Waals surface area contributed by atoms with Gasteiger partial charge in [-0.25, -0.2) is 0 Å². The average Bonchev–Trinajstić information content (AvgIpc) is 3.01. The van der Waals surface area contributed by atoms with Crippen LogP contribution >= 0.6 is 0 Å². The second-order valence-electron chi connectivity index (χ2n) is 14.1. The highest BCUT2D eigenvalue weighted by Gasteiger charge is 2.20. The molecule has 44 heavy (non-hydrogen) atoms. The molecule has 0 saturated carbocycles. The summed E-state index contributed by atoms with van der Waals surface area (Å²) in [4.78, 5) is 4.67. The van der Waals surface area contributed by atoms with Gasteiger partial charge in [0.2, 0.25) is 0 Å². The van der Waals surface area contributed by atoms with Crippen molar-refractivity contribution in [2.75, 3.05) is 52.9 Å². The highest BCUT2D eigenvalue weighted by atomic mass is 16.3. The third-order valence-electron chi connectivity index (χ3n) is 9.51. The molecule has 0 aliphatic carbocycles. The van der Waals surface area contributed by atoms with Gasteiger partial charge >= 0.3 is 0 Å². The van der Waals surface area contributed by atoms with Crippen molar-refractivity contribution in [2.24, 2.45) is 5.92 Å². The fourth-order valence-electron chi connectivity index (χ4n) is 6.11. The van der Waals surface area contributed by atoms with Crippen molar-refractivity contribution in [3.05, 3.63) is 0 Å². The molecule has 0 fully saturated rings. The van der Waals surface area contributed by atoms with Gasteiger partial charge in [-0.15, -0.1) is 0 Å². The molecule has 0 aromatic rings. The standard InChI is InChI=1S/C38H81N3O3/c1-6-9-11-13-15-17-18-20-22-24-27-37(43)33-41(30-25-29-40(5)31-28-39-32-36(42)8-3)34-38(44)35(4)26-23-21-19-16-14-12-10-7-2/h35-39,42-44H,6-34H2,1-5H3. The first-order valence-electron chi connectivity index (χ1n) is 19.5. The van der Waals surface area contributed by atoms with Crippen LogP contribution in [0.5, 0.6) is 0 Å². The second kappa shape index (κ2) is 32.7. The minimum Gasteiger partial charge on any atom is -0.392 e. The van der Waals surface area contributed by atoms with E-state index in [9.17, 15) is 15.3 Å². The van der Waals surface area contributed by atoms with Crippen molar-refractivity contribution < 1.29 is 15.3 Å². The number of rotatable bonds is 35. The van der Waals surface area contributed by atoms with Crippen molar-refractivity contribution in [3.8, 4) is 0 Å². The molecular formula is C38H81N3O3. The fourth-order valence-corrected chi connectivity index (χ4v) is 6.11. The van der Waals surface area contributed by atoms with Crippen LogP contribution in [0.2, 0.25) is 0 Å². The van der Waals surface area contributed by atoms with Crippen molar-refractivity contribution in [2.45, 2.75) is 187 Å². The molecule has 266 valence electrons. The number of nitrogens with one attached hydrogen (secondary N) is 1. The zero-order valence-corrected chi connectivity index (χ0v) is 30.6. The minimum absolute atomic E-state index is 0.259. The molecule has 0 aliphatic rings. The Morgan fingerprint density at radius 1 is 0.545 bits per heavy atom. The summed E-state index contributed by atoms with van der Waals surface area (Å²) in [5.74, 6) is 0.295. The van der Waals surface area contributed by atoms with Gasteiger partial charge in [-0.2, -0.15) is 0 Å². The Morgan fingerprint density at radius 3 is 1.57 bits per heavy atom. The SMILES string of the molecule is CCCCCCCCCCCCC(O)CN(CCCN(C)CCNCC(O)CC)CC(O)C(C)CCCCCCCCCC. The maximum atomic E-state index is 11.1. The number of likely N-dealkylation sites (N-methyl/N-ethyl adjacent to an activating group) is 1. The molecule has 0 saturated heterocycles. The van der Waals surface area contributed by atoms with Gasteiger partial charge in [0.25, 0.3) is 0 Å². The lowest BCUT2D eigenvalue weighted by Crippen LogP contribution is -2.41. The van der Waals surface area contributed by atoms with Crippen LogP contribution in [0.25, 0.3) is 0 Å². The third-order valence-corrected chi connectivity index (χ3v) is 9.51. The largest absolute Gasteiger partial charge is 0.392 e. The Kier molecular flexibility index (Phi) is 32.5. The van der Waals surface area contributed by atoms with Crippen molar-refractivity contribution >= 4 is 0 Å². The lowest BCUT2D eigenvalue weighted by Gasteiger charge is -2.30. The molecule has 0 amide bonds. The van der Waals surface area contributed by atoms with E-state index < -0.39 is 0 Å². The maximum Gasteiger partial charge on any atom is 0.0692 e. The number of unbranched alkanes of at least 4 members (excludes halogenated alkanes) is 16. The predicted molar refractivity (Wildman–Crippen MR) is 193 cm³/mol. The van der Waals surface area contributed by atoms with E-state index in [4.69, 9.17) is 0 Å². The number of aliphatic hydroxyl groups excluding tert-OH is 3. The van der Waals surface area contributed by atoms with Crippen LogP contribution in [0.15, 0.2) is 0 Å². The third kappa shape index (κ3) is 29.2. The summed E-state index contributed by atoms with van der Waals surface area (Å²) in [5, 5.41) is 35.1. The highest BCUT2D eigenvalue weighted by Crippen LogP contribution is 2.18. The van der Waals surface area contributed by atoms with Crippen molar-refractivity contribution in [1.29, 1.82) is 0 Å². The van der Waals surface area contributed by atoms with Gasteiger partial charge in [-0.05, 0) is 51.7 Å². The van der Waals surface area contributed by atoms with E-state index in [0.29, 0.717) is 25.6 Å². The molecule has 0 rings (SSSR count). The maximum absolute atomic E-state index is 11.1. The Labute approximate surface area is 276 Å². The normalized spacial score (nSPS) is 14.9. The van der Waals surface area contributed by atoms with Gasteiger partial charge in [0, 0.05) is 32.7 Å². The minimum atomic E-state index is -0.337. The van der Waals surface area contributed by atoms with Gasteiger partial charge in [0.1, 0.15) is 0 Å². The molecule has 0 aliphatic heterocycles.